The molecule has 0 radical (unpaired) electrons. The van der Waals surface area contributed by atoms with E-state index in [0.717, 1.165) is 25.2 Å². The van der Waals surface area contributed by atoms with E-state index in [0.29, 0.717) is 19.0 Å². The molecule has 1 saturated heterocycles. The second-order valence-corrected chi connectivity index (χ2v) is 6.32. The molecule has 0 saturated carbocycles. The highest BCUT2D eigenvalue weighted by molar-refractivity contribution is 5.94. The van der Waals surface area contributed by atoms with Crippen LogP contribution in [0.15, 0.2) is 42.7 Å². The number of hydrogen-bond acceptors (Lipinski definition) is 3. The van der Waals surface area contributed by atoms with E-state index in [1.807, 2.05) is 40.9 Å². The Morgan fingerprint density at radius 3 is 2.83 bits per heavy atom. The van der Waals surface area contributed by atoms with Gasteiger partial charge in [-0.05, 0) is 56.0 Å². The largest absolute Gasteiger partial charge is 0.337 e. The molecule has 1 atom stereocenters. The van der Waals surface area contributed by atoms with Gasteiger partial charge in [-0.1, -0.05) is 12.1 Å². The van der Waals surface area contributed by atoms with E-state index in [1.54, 1.807) is 6.20 Å². The van der Waals surface area contributed by atoms with Gasteiger partial charge in [0.1, 0.15) is 0 Å². The van der Waals surface area contributed by atoms with Crippen molar-refractivity contribution in [3.8, 4) is 0 Å². The summed E-state index contributed by atoms with van der Waals surface area (Å²) >= 11 is 0. The molecule has 5 nitrogen and oxygen atoms in total. The monoisotopic (exact) mass is 326 g/mol. The molecule has 1 N–H and O–H groups in total. The zero-order valence-corrected chi connectivity index (χ0v) is 14.3. The third kappa shape index (κ3) is 4.03. The van der Waals surface area contributed by atoms with Crippen molar-refractivity contribution in [1.82, 2.24) is 20.0 Å². The van der Waals surface area contributed by atoms with Crippen LogP contribution in [0.2, 0.25) is 0 Å². The van der Waals surface area contributed by atoms with Crippen LogP contribution < -0.4 is 5.32 Å². The van der Waals surface area contributed by atoms with Gasteiger partial charge in [0.25, 0.3) is 5.91 Å². The minimum Gasteiger partial charge on any atom is -0.337 e. The molecule has 0 spiro atoms. The molecule has 2 aromatic rings. The Hall–Kier alpha value is -2.14. The predicted octanol–water partition coefficient (Wildman–Crippen LogP) is 2.51. The summed E-state index contributed by atoms with van der Waals surface area (Å²) in [5.74, 6) is 0.669. The molecule has 1 aromatic carbocycles. The van der Waals surface area contributed by atoms with Crippen molar-refractivity contribution < 1.29 is 4.79 Å². The van der Waals surface area contributed by atoms with E-state index in [-0.39, 0.29) is 5.91 Å². The van der Waals surface area contributed by atoms with Crippen molar-refractivity contribution in [1.29, 1.82) is 0 Å². The molecular weight excluding hydrogens is 300 g/mol. The highest BCUT2D eigenvalue weighted by Gasteiger charge is 2.17. The van der Waals surface area contributed by atoms with Crippen LogP contribution in [0.3, 0.4) is 0 Å². The van der Waals surface area contributed by atoms with Crippen LogP contribution in [0.1, 0.15) is 41.6 Å². The number of nitrogens with one attached hydrogen (secondary N) is 1. The summed E-state index contributed by atoms with van der Waals surface area (Å²) in [6.07, 6.45) is 6.13. The van der Waals surface area contributed by atoms with Gasteiger partial charge in [0.15, 0.2) is 0 Å². The SMILES string of the molecule is CCN(CCn1cccn1)C(=O)c1ccc([C@@H]2CCCNC2)cc1. The van der Waals surface area contributed by atoms with Crippen LogP contribution in [-0.4, -0.2) is 46.8 Å². The van der Waals surface area contributed by atoms with Crippen LogP contribution in [0.4, 0.5) is 0 Å². The van der Waals surface area contributed by atoms with Gasteiger partial charge in [0, 0.05) is 37.6 Å². The molecule has 1 aliphatic rings. The second-order valence-electron chi connectivity index (χ2n) is 6.32. The molecule has 128 valence electrons. The van der Waals surface area contributed by atoms with Gasteiger partial charge >= 0.3 is 0 Å². The number of nitrogens with zero attached hydrogens (tertiary/aromatic N) is 3. The second kappa shape index (κ2) is 8.11. The summed E-state index contributed by atoms with van der Waals surface area (Å²) in [7, 11) is 0. The first-order chi connectivity index (χ1) is 11.8. The van der Waals surface area contributed by atoms with Crippen molar-refractivity contribution in [2.24, 2.45) is 0 Å². The summed E-state index contributed by atoms with van der Waals surface area (Å²) in [5, 5.41) is 7.64. The maximum Gasteiger partial charge on any atom is 0.253 e. The Bertz CT molecular complexity index is 630. The molecule has 3 rings (SSSR count). The average molecular weight is 326 g/mol. The number of piperidine rings is 1. The van der Waals surface area contributed by atoms with Crippen LogP contribution in [-0.2, 0) is 6.54 Å². The topological polar surface area (TPSA) is 50.2 Å². The minimum absolute atomic E-state index is 0.0953. The van der Waals surface area contributed by atoms with Crippen molar-refractivity contribution in [3.05, 3.63) is 53.9 Å². The molecule has 1 aromatic heterocycles. The number of aromatic nitrogens is 2. The molecule has 1 amide bonds. The third-order valence-corrected chi connectivity index (χ3v) is 4.75. The van der Waals surface area contributed by atoms with Gasteiger partial charge < -0.3 is 10.2 Å². The highest BCUT2D eigenvalue weighted by Crippen LogP contribution is 2.23. The zero-order chi connectivity index (χ0) is 16.8. The maximum absolute atomic E-state index is 12.7. The fraction of sp³-hybridized carbons (Fsp3) is 0.474. The summed E-state index contributed by atoms with van der Waals surface area (Å²) in [6, 6.07) is 10.1. The lowest BCUT2D eigenvalue weighted by Gasteiger charge is -2.24. The van der Waals surface area contributed by atoms with Crippen molar-refractivity contribution in [2.75, 3.05) is 26.2 Å². The predicted molar refractivity (Wildman–Crippen MR) is 95.1 cm³/mol. The van der Waals surface area contributed by atoms with E-state index in [1.165, 1.54) is 18.4 Å². The van der Waals surface area contributed by atoms with Crippen LogP contribution >= 0.6 is 0 Å². The van der Waals surface area contributed by atoms with E-state index >= 15 is 0 Å². The first-order valence-electron chi connectivity index (χ1n) is 8.85. The molecule has 1 fully saturated rings. The maximum atomic E-state index is 12.7. The van der Waals surface area contributed by atoms with Gasteiger partial charge in [-0.3, -0.25) is 9.48 Å². The fourth-order valence-electron chi connectivity index (χ4n) is 3.28. The van der Waals surface area contributed by atoms with Crippen LogP contribution in [0.5, 0.6) is 0 Å². The number of carbonyl (C=O) groups is 1. The smallest absolute Gasteiger partial charge is 0.253 e. The van der Waals surface area contributed by atoms with Gasteiger partial charge in [0.05, 0.1) is 6.54 Å². The number of likely N-dealkylation sites (N-methyl/N-ethyl adjacent to an activating group) is 1. The molecule has 24 heavy (non-hydrogen) atoms. The lowest BCUT2D eigenvalue weighted by molar-refractivity contribution is 0.0757. The lowest BCUT2D eigenvalue weighted by atomic mass is 9.91. The normalized spacial score (nSPS) is 17.6. The molecule has 5 heteroatoms. The Morgan fingerprint density at radius 1 is 1.38 bits per heavy atom. The van der Waals surface area contributed by atoms with Gasteiger partial charge in [-0.2, -0.15) is 5.10 Å². The van der Waals surface area contributed by atoms with Crippen molar-refractivity contribution in [3.63, 3.8) is 0 Å². The standard InChI is InChI=1S/C19H26N4O/c1-2-22(13-14-23-12-4-11-21-23)19(24)17-8-6-16(7-9-17)18-5-3-10-20-15-18/h4,6-9,11-12,18,20H,2-3,5,10,13-15H2,1H3/t18-/m1/s1. The van der Waals surface area contributed by atoms with E-state index in [4.69, 9.17) is 0 Å². The lowest BCUT2D eigenvalue weighted by Crippen LogP contribution is -2.34. The molecule has 2 heterocycles. The van der Waals surface area contributed by atoms with E-state index in [2.05, 4.69) is 22.5 Å². The van der Waals surface area contributed by atoms with Gasteiger partial charge in [-0.25, -0.2) is 0 Å². The highest BCUT2D eigenvalue weighted by atomic mass is 16.2. The fourth-order valence-corrected chi connectivity index (χ4v) is 3.28. The molecule has 0 unspecified atom stereocenters. The molecular formula is C19H26N4O. The third-order valence-electron chi connectivity index (χ3n) is 4.75. The quantitative estimate of drug-likeness (QED) is 0.887. The van der Waals surface area contributed by atoms with Crippen molar-refractivity contribution in [2.45, 2.75) is 32.2 Å². The van der Waals surface area contributed by atoms with Gasteiger partial charge in [0.2, 0.25) is 0 Å². The Kier molecular flexibility index (Phi) is 5.64. The number of benzene rings is 1. The van der Waals surface area contributed by atoms with Crippen molar-refractivity contribution >= 4 is 5.91 Å². The Balaban J connectivity index is 1.62. The number of rotatable bonds is 6. The Labute approximate surface area is 143 Å². The number of hydrogen-bond donors (Lipinski definition) is 1. The summed E-state index contributed by atoms with van der Waals surface area (Å²) in [4.78, 5) is 14.6. The van der Waals surface area contributed by atoms with Crippen LogP contribution in [0, 0.1) is 0 Å². The molecule has 0 aliphatic carbocycles. The number of amides is 1. The molecule has 0 bridgehead atoms. The Morgan fingerprint density at radius 2 is 2.21 bits per heavy atom. The first kappa shape index (κ1) is 16.7. The van der Waals surface area contributed by atoms with Crippen LogP contribution in [0.25, 0.3) is 0 Å². The zero-order valence-electron chi connectivity index (χ0n) is 14.3. The number of carbonyl (C=O) groups excluding carboxylic acids is 1. The molecule has 1 aliphatic heterocycles. The van der Waals surface area contributed by atoms with E-state index in [9.17, 15) is 4.79 Å². The first-order valence-corrected chi connectivity index (χ1v) is 8.85. The van der Waals surface area contributed by atoms with Gasteiger partial charge in [-0.15, -0.1) is 0 Å². The summed E-state index contributed by atoms with van der Waals surface area (Å²) in [6.45, 7) is 6.27. The summed E-state index contributed by atoms with van der Waals surface area (Å²) in [5.41, 5.74) is 2.10. The average Bonchev–Trinajstić information content (AvgIpc) is 3.16. The minimum atomic E-state index is 0.0953. The van der Waals surface area contributed by atoms with E-state index < -0.39 is 0 Å². The summed E-state index contributed by atoms with van der Waals surface area (Å²) < 4.78 is 1.86.